The summed E-state index contributed by atoms with van der Waals surface area (Å²) in [6.45, 7) is 9.46. The first-order chi connectivity index (χ1) is 19.2. The lowest BCUT2D eigenvalue weighted by molar-refractivity contribution is -0.118. The molecule has 0 bridgehead atoms. The van der Waals surface area contributed by atoms with Gasteiger partial charge in [-0.15, -0.1) is 11.3 Å². The minimum atomic E-state index is -0.216. The van der Waals surface area contributed by atoms with Crippen LogP contribution in [0.5, 0.6) is 11.5 Å². The molecule has 208 valence electrons. The van der Waals surface area contributed by atoms with Crippen LogP contribution in [-0.4, -0.2) is 29.5 Å². The van der Waals surface area contributed by atoms with Crippen LogP contribution >= 0.6 is 34.7 Å². The number of aromatic nitrogens is 1. The van der Waals surface area contributed by atoms with Crippen LogP contribution in [0.15, 0.2) is 81.6 Å². The maximum atomic E-state index is 12.3. The molecule has 9 heteroatoms. The Morgan fingerprint density at radius 3 is 2.50 bits per heavy atom. The zero-order valence-corrected chi connectivity index (χ0v) is 25.3. The lowest BCUT2D eigenvalue weighted by atomic mass is 9.87. The number of benzene rings is 3. The molecular formula is C31H32ClN3O3S2. The fourth-order valence-corrected chi connectivity index (χ4v) is 5.42. The third-order valence-electron chi connectivity index (χ3n) is 5.83. The summed E-state index contributed by atoms with van der Waals surface area (Å²) >= 11 is 8.82. The van der Waals surface area contributed by atoms with E-state index in [1.807, 2.05) is 54.8 Å². The Balaban J connectivity index is 1.28. The van der Waals surface area contributed by atoms with Crippen molar-refractivity contribution in [2.75, 3.05) is 12.4 Å². The van der Waals surface area contributed by atoms with Gasteiger partial charge in [0.1, 0.15) is 6.61 Å². The molecule has 0 aliphatic heterocycles. The summed E-state index contributed by atoms with van der Waals surface area (Å²) in [5.41, 5.74) is 7.68. The molecule has 4 aromatic rings. The van der Waals surface area contributed by atoms with Crippen LogP contribution in [0.2, 0.25) is 5.02 Å². The number of hydrazone groups is 1. The normalized spacial score (nSPS) is 11.5. The summed E-state index contributed by atoms with van der Waals surface area (Å²) in [4.78, 5) is 16.9. The van der Waals surface area contributed by atoms with Crippen molar-refractivity contribution in [1.29, 1.82) is 0 Å². The molecule has 1 amide bonds. The summed E-state index contributed by atoms with van der Waals surface area (Å²) in [5.74, 6) is 1.27. The third-order valence-corrected chi connectivity index (χ3v) is 8.11. The standard InChI is InChI=1S/C31H32ClN3O3S2/c1-5-37-28-16-22(8-15-27(28)38-18-21-6-11-24(12-7-21)31(2,3)4)17-33-35-29(36)20-40-30-34-26(19-39-30)23-9-13-25(32)14-10-23/h6-17,19H,5,18,20H2,1-4H3,(H,35,36)/b33-17+. The Morgan fingerprint density at radius 2 is 1.80 bits per heavy atom. The van der Waals surface area contributed by atoms with Crippen molar-refractivity contribution >= 4 is 46.8 Å². The van der Waals surface area contributed by atoms with E-state index in [1.165, 1.54) is 28.7 Å². The molecule has 40 heavy (non-hydrogen) atoms. The van der Waals surface area contributed by atoms with Gasteiger partial charge in [0.25, 0.3) is 5.91 Å². The van der Waals surface area contributed by atoms with Crippen molar-refractivity contribution in [3.05, 3.63) is 93.8 Å². The van der Waals surface area contributed by atoms with E-state index in [4.69, 9.17) is 21.1 Å². The Kier molecular flexibility index (Phi) is 10.3. The van der Waals surface area contributed by atoms with Gasteiger partial charge in [-0.05, 0) is 59.4 Å². The highest BCUT2D eigenvalue weighted by atomic mass is 35.5. The van der Waals surface area contributed by atoms with E-state index < -0.39 is 0 Å². The van der Waals surface area contributed by atoms with Gasteiger partial charge in [0.05, 0.1) is 24.3 Å². The molecule has 1 N–H and O–H groups in total. The number of ether oxygens (including phenoxy) is 2. The molecule has 0 saturated carbocycles. The van der Waals surface area contributed by atoms with Gasteiger partial charge in [-0.1, -0.05) is 80.5 Å². The first kappa shape index (κ1) is 29.6. The van der Waals surface area contributed by atoms with E-state index >= 15 is 0 Å². The van der Waals surface area contributed by atoms with E-state index in [2.05, 4.69) is 60.5 Å². The number of rotatable bonds is 11. The summed E-state index contributed by atoms with van der Waals surface area (Å²) in [6, 6.07) is 21.6. The highest BCUT2D eigenvalue weighted by molar-refractivity contribution is 8.01. The van der Waals surface area contributed by atoms with Crippen LogP contribution in [0.3, 0.4) is 0 Å². The molecule has 0 aliphatic rings. The molecule has 0 aliphatic carbocycles. The van der Waals surface area contributed by atoms with Gasteiger partial charge in [0.15, 0.2) is 15.8 Å². The highest BCUT2D eigenvalue weighted by Gasteiger charge is 2.13. The molecule has 1 aromatic heterocycles. The number of nitrogens with zero attached hydrogens (tertiary/aromatic N) is 2. The number of carbonyl (C=O) groups excluding carboxylic acids is 1. The molecule has 1 heterocycles. The van der Waals surface area contributed by atoms with Crippen molar-refractivity contribution in [2.24, 2.45) is 5.10 Å². The zero-order valence-electron chi connectivity index (χ0n) is 22.9. The maximum absolute atomic E-state index is 12.3. The van der Waals surface area contributed by atoms with Crippen molar-refractivity contribution in [3.63, 3.8) is 0 Å². The first-order valence-electron chi connectivity index (χ1n) is 12.9. The Morgan fingerprint density at radius 1 is 1.05 bits per heavy atom. The van der Waals surface area contributed by atoms with Crippen molar-refractivity contribution < 1.29 is 14.3 Å². The second-order valence-electron chi connectivity index (χ2n) is 9.96. The van der Waals surface area contributed by atoms with Gasteiger partial charge >= 0.3 is 0 Å². The number of carbonyl (C=O) groups is 1. The van der Waals surface area contributed by atoms with Crippen LogP contribution in [0.1, 0.15) is 44.4 Å². The van der Waals surface area contributed by atoms with E-state index in [0.717, 1.165) is 26.7 Å². The maximum Gasteiger partial charge on any atom is 0.250 e. The first-order valence-corrected chi connectivity index (χ1v) is 15.1. The molecule has 0 fully saturated rings. The molecule has 0 radical (unpaired) electrons. The second kappa shape index (κ2) is 13.8. The number of thiazole rings is 1. The summed E-state index contributed by atoms with van der Waals surface area (Å²) < 4.78 is 12.7. The zero-order chi connectivity index (χ0) is 28.5. The minimum Gasteiger partial charge on any atom is -0.490 e. The molecule has 3 aromatic carbocycles. The number of hydrogen-bond acceptors (Lipinski definition) is 7. The van der Waals surface area contributed by atoms with Crippen LogP contribution in [0.4, 0.5) is 0 Å². The van der Waals surface area contributed by atoms with E-state index in [9.17, 15) is 4.79 Å². The Labute approximate surface area is 248 Å². The fraction of sp³-hybridized carbons (Fsp3) is 0.258. The van der Waals surface area contributed by atoms with Crippen LogP contribution in [0.25, 0.3) is 11.3 Å². The van der Waals surface area contributed by atoms with Gasteiger partial charge < -0.3 is 9.47 Å². The fourth-order valence-electron chi connectivity index (χ4n) is 3.67. The average molecular weight is 594 g/mol. The Bertz CT molecular complexity index is 1450. The van der Waals surface area contributed by atoms with E-state index in [-0.39, 0.29) is 17.1 Å². The molecule has 0 saturated heterocycles. The molecule has 0 spiro atoms. The third kappa shape index (κ3) is 8.58. The lowest BCUT2D eigenvalue weighted by Gasteiger charge is -2.19. The van der Waals surface area contributed by atoms with Crippen LogP contribution in [0, 0.1) is 0 Å². The topological polar surface area (TPSA) is 72.8 Å². The van der Waals surface area contributed by atoms with Crippen LogP contribution in [-0.2, 0) is 16.8 Å². The number of halogens is 1. The summed E-state index contributed by atoms with van der Waals surface area (Å²) in [5, 5.41) is 6.75. The molecule has 0 unspecified atom stereocenters. The minimum absolute atomic E-state index is 0.112. The number of thioether (sulfide) groups is 1. The SMILES string of the molecule is CCOc1cc(/C=N/NC(=O)CSc2nc(-c3ccc(Cl)cc3)cs2)ccc1OCc1ccc(C(C)(C)C)cc1. The number of nitrogens with one attached hydrogen (secondary N) is 1. The number of hydrogen-bond donors (Lipinski definition) is 1. The smallest absolute Gasteiger partial charge is 0.250 e. The van der Waals surface area contributed by atoms with Gasteiger partial charge in [0, 0.05) is 16.0 Å². The summed E-state index contributed by atoms with van der Waals surface area (Å²) in [7, 11) is 0. The van der Waals surface area contributed by atoms with Crippen LogP contribution < -0.4 is 14.9 Å². The second-order valence-corrected chi connectivity index (χ2v) is 12.5. The Hall–Kier alpha value is -3.33. The average Bonchev–Trinajstić information content (AvgIpc) is 3.41. The van der Waals surface area contributed by atoms with Crippen molar-refractivity contribution in [1.82, 2.24) is 10.4 Å². The predicted molar refractivity (Wildman–Crippen MR) is 166 cm³/mol. The van der Waals surface area contributed by atoms with E-state index in [1.54, 1.807) is 6.21 Å². The van der Waals surface area contributed by atoms with Crippen molar-refractivity contribution in [2.45, 2.75) is 44.1 Å². The van der Waals surface area contributed by atoms with Crippen molar-refractivity contribution in [3.8, 4) is 22.8 Å². The monoisotopic (exact) mass is 593 g/mol. The highest BCUT2D eigenvalue weighted by Crippen LogP contribution is 2.30. The lowest BCUT2D eigenvalue weighted by Crippen LogP contribution is -2.19. The molecule has 4 rings (SSSR count). The van der Waals surface area contributed by atoms with Gasteiger partial charge in [0.2, 0.25) is 0 Å². The predicted octanol–water partition coefficient (Wildman–Crippen LogP) is 7.98. The number of amides is 1. The quantitative estimate of drug-likeness (QED) is 0.108. The van der Waals surface area contributed by atoms with Gasteiger partial charge in [-0.3, -0.25) is 4.79 Å². The molecular weight excluding hydrogens is 562 g/mol. The largest absolute Gasteiger partial charge is 0.490 e. The summed E-state index contributed by atoms with van der Waals surface area (Å²) in [6.07, 6.45) is 1.59. The van der Waals surface area contributed by atoms with E-state index in [0.29, 0.717) is 29.7 Å². The molecule has 6 nitrogen and oxygen atoms in total. The van der Waals surface area contributed by atoms with Gasteiger partial charge in [-0.25, -0.2) is 10.4 Å². The molecule has 0 atom stereocenters. The van der Waals surface area contributed by atoms with Gasteiger partial charge in [-0.2, -0.15) is 5.10 Å².